The number of aryl methyl sites for hydroxylation is 1. The van der Waals surface area contributed by atoms with E-state index in [2.05, 4.69) is 37.3 Å². The van der Waals surface area contributed by atoms with E-state index in [-0.39, 0.29) is 0 Å². The van der Waals surface area contributed by atoms with E-state index in [4.69, 9.17) is 10.00 Å². The van der Waals surface area contributed by atoms with Gasteiger partial charge in [-0.15, -0.1) is 0 Å². The van der Waals surface area contributed by atoms with Crippen molar-refractivity contribution in [2.24, 2.45) is 0 Å². The lowest BCUT2D eigenvalue weighted by Crippen LogP contribution is -1.90. The standard InChI is InChI=1S/C17H17NOS/c1-13-4-3-5-14(8-13)11-20-12-15-6-7-17(19-2)16(9-15)10-18/h3-9H,11-12H2,1-2H3. The molecule has 0 saturated heterocycles. The van der Waals surface area contributed by atoms with Crippen molar-refractivity contribution in [2.75, 3.05) is 7.11 Å². The largest absolute Gasteiger partial charge is 0.495 e. The first kappa shape index (κ1) is 14.5. The number of ether oxygens (including phenoxy) is 1. The maximum absolute atomic E-state index is 9.07. The summed E-state index contributed by atoms with van der Waals surface area (Å²) in [6.07, 6.45) is 0. The molecule has 0 heterocycles. The van der Waals surface area contributed by atoms with Crippen molar-refractivity contribution in [3.63, 3.8) is 0 Å². The highest BCUT2D eigenvalue weighted by molar-refractivity contribution is 7.97. The van der Waals surface area contributed by atoms with Crippen molar-refractivity contribution < 1.29 is 4.74 Å². The van der Waals surface area contributed by atoms with Gasteiger partial charge in [-0.25, -0.2) is 0 Å². The molecule has 0 aliphatic rings. The van der Waals surface area contributed by atoms with Crippen molar-refractivity contribution in [1.82, 2.24) is 0 Å². The summed E-state index contributed by atoms with van der Waals surface area (Å²) >= 11 is 1.85. The fourth-order valence-electron chi connectivity index (χ4n) is 2.02. The van der Waals surface area contributed by atoms with Crippen molar-refractivity contribution in [3.8, 4) is 11.8 Å². The Kier molecular flexibility index (Phi) is 5.09. The number of methoxy groups -OCH3 is 1. The first-order chi connectivity index (χ1) is 9.72. The number of benzene rings is 2. The van der Waals surface area contributed by atoms with Crippen LogP contribution in [0.3, 0.4) is 0 Å². The molecule has 0 spiro atoms. The Bertz CT molecular complexity index is 631. The Labute approximate surface area is 124 Å². The van der Waals surface area contributed by atoms with E-state index in [0.29, 0.717) is 11.3 Å². The van der Waals surface area contributed by atoms with Crippen molar-refractivity contribution in [2.45, 2.75) is 18.4 Å². The Morgan fingerprint density at radius 3 is 2.50 bits per heavy atom. The van der Waals surface area contributed by atoms with Gasteiger partial charge >= 0.3 is 0 Å². The minimum absolute atomic E-state index is 0.598. The molecule has 0 aromatic heterocycles. The van der Waals surface area contributed by atoms with Gasteiger partial charge in [-0.3, -0.25) is 0 Å². The minimum atomic E-state index is 0.598. The van der Waals surface area contributed by atoms with Crippen molar-refractivity contribution in [3.05, 3.63) is 64.7 Å². The number of hydrogen-bond acceptors (Lipinski definition) is 3. The molecular formula is C17H17NOS. The van der Waals surface area contributed by atoms with Crippen LogP contribution in [-0.4, -0.2) is 7.11 Å². The molecule has 0 amide bonds. The highest BCUT2D eigenvalue weighted by Gasteiger charge is 2.04. The third kappa shape index (κ3) is 3.79. The predicted molar refractivity (Wildman–Crippen MR) is 83.9 cm³/mol. The number of thioether (sulfide) groups is 1. The van der Waals surface area contributed by atoms with Gasteiger partial charge in [-0.05, 0) is 30.2 Å². The SMILES string of the molecule is COc1ccc(CSCc2cccc(C)c2)cc1C#N. The van der Waals surface area contributed by atoms with Crippen molar-refractivity contribution >= 4 is 11.8 Å². The average molecular weight is 283 g/mol. The van der Waals surface area contributed by atoms with Gasteiger partial charge < -0.3 is 4.74 Å². The van der Waals surface area contributed by atoms with Crippen molar-refractivity contribution in [1.29, 1.82) is 5.26 Å². The molecule has 2 nitrogen and oxygen atoms in total. The average Bonchev–Trinajstić information content (AvgIpc) is 2.47. The van der Waals surface area contributed by atoms with Crippen LogP contribution < -0.4 is 4.74 Å². The zero-order valence-electron chi connectivity index (χ0n) is 11.7. The fourth-order valence-corrected chi connectivity index (χ4v) is 2.95. The second-order valence-corrected chi connectivity index (χ2v) is 5.61. The molecule has 0 bridgehead atoms. The van der Waals surface area contributed by atoms with E-state index >= 15 is 0 Å². The molecule has 0 fully saturated rings. The normalized spacial score (nSPS) is 10.1. The maximum Gasteiger partial charge on any atom is 0.136 e. The Morgan fingerprint density at radius 2 is 1.85 bits per heavy atom. The van der Waals surface area contributed by atoms with Crippen LogP contribution in [0.1, 0.15) is 22.3 Å². The summed E-state index contributed by atoms with van der Waals surface area (Å²) in [5, 5.41) is 9.07. The van der Waals surface area contributed by atoms with Crippen LogP contribution in [0.15, 0.2) is 42.5 Å². The van der Waals surface area contributed by atoms with Gasteiger partial charge in [0.2, 0.25) is 0 Å². The number of nitriles is 1. The van der Waals surface area contributed by atoms with E-state index in [9.17, 15) is 0 Å². The molecule has 3 heteroatoms. The van der Waals surface area contributed by atoms with E-state index in [1.807, 2.05) is 30.0 Å². The summed E-state index contributed by atoms with van der Waals surface area (Å²) < 4.78 is 5.15. The second kappa shape index (κ2) is 7.02. The van der Waals surface area contributed by atoms with Gasteiger partial charge in [-0.2, -0.15) is 17.0 Å². The first-order valence-electron chi connectivity index (χ1n) is 6.43. The summed E-state index contributed by atoms with van der Waals surface area (Å²) in [5.41, 5.74) is 4.38. The summed E-state index contributed by atoms with van der Waals surface area (Å²) in [6.45, 7) is 2.11. The number of rotatable bonds is 5. The minimum Gasteiger partial charge on any atom is -0.495 e. The monoisotopic (exact) mass is 283 g/mol. The number of hydrogen-bond donors (Lipinski definition) is 0. The Balaban J connectivity index is 1.96. The van der Waals surface area contributed by atoms with E-state index < -0.39 is 0 Å². The summed E-state index contributed by atoms with van der Waals surface area (Å²) in [6, 6.07) is 16.5. The van der Waals surface area contributed by atoms with E-state index in [0.717, 1.165) is 17.1 Å². The van der Waals surface area contributed by atoms with Gasteiger partial charge in [0.25, 0.3) is 0 Å². The van der Waals surface area contributed by atoms with Gasteiger partial charge in [-0.1, -0.05) is 35.9 Å². The molecule has 2 aromatic carbocycles. The third-order valence-corrected chi connectivity index (χ3v) is 4.08. The molecule has 0 aliphatic heterocycles. The quantitative estimate of drug-likeness (QED) is 0.819. The summed E-state index contributed by atoms with van der Waals surface area (Å²) in [5.74, 6) is 2.52. The maximum atomic E-state index is 9.07. The smallest absolute Gasteiger partial charge is 0.136 e. The zero-order valence-corrected chi connectivity index (χ0v) is 12.5. The third-order valence-electron chi connectivity index (χ3n) is 3.00. The van der Waals surface area contributed by atoms with Gasteiger partial charge in [0.1, 0.15) is 11.8 Å². The summed E-state index contributed by atoms with van der Waals surface area (Å²) in [7, 11) is 1.59. The fraction of sp³-hybridized carbons (Fsp3) is 0.235. The van der Waals surface area contributed by atoms with E-state index in [1.54, 1.807) is 7.11 Å². The molecule has 0 saturated carbocycles. The Morgan fingerprint density at radius 1 is 1.10 bits per heavy atom. The van der Waals surface area contributed by atoms with Crippen LogP contribution in [0.25, 0.3) is 0 Å². The molecule has 2 aromatic rings. The topological polar surface area (TPSA) is 33.0 Å². The van der Waals surface area contributed by atoms with Crippen LogP contribution in [0.2, 0.25) is 0 Å². The van der Waals surface area contributed by atoms with Crippen LogP contribution in [0, 0.1) is 18.3 Å². The first-order valence-corrected chi connectivity index (χ1v) is 7.58. The summed E-state index contributed by atoms with van der Waals surface area (Å²) in [4.78, 5) is 0. The molecule has 0 aliphatic carbocycles. The molecule has 20 heavy (non-hydrogen) atoms. The van der Waals surface area contributed by atoms with Crippen LogP contribution in [-0.2, 0) is 11.5 Å². The van der Waals surface area contributed by atoms with Gasteiger partial charge in [0.15, 0.2) is 0 Å². The van der Waals surface area contributed by atoms with Crippen LogP contribution in [0.5, 0.6) is 5.75 Å². The van der Waals surface area contributed by atoms with Gasteiger partial charge in [0, 0.05) is 11.5 Å². The van der Waals surface area contributed by atoms with E-state index in [1.165, 1.54) is 11.1 Å². The lowest BCUT2D eigenvalue weighted by atomic mass is 10.1. The zero-order chi connectivity index (χ0) is 14.4. The molecule has 0 atom stereocenters. The Hall–Kier alpha value is -1.92. The highest BCUT2D eigenvalue weighted by Crippen LogP contribution is 2.23. The molecule has 0 unspecified atom stereocenters. The lowest BCUT2D eigenvalue weighted by molar-refractivity contribution is 0.413. The van der Waals surface area contributed by atoms with Gasteiger partial charge in [0.05, 0.1) is 12.7 Å². The molecule has 2 rings (SSSR count). The highest BCUT2D eigenvalue weighted by atomic mass is 32.2. The lowest BCUT2D eigenvalue weighted by Gasteiger charge is -2.06. The number of nitrogens with zero attached hydrogens (tertiary/aromatic N) is 1. The van der Waals surface area contributed by atoms with Crippen LogP contribution in [0.4, 0.5) is 0 Å². The van der Waals surface area contributed by atoms with Crippen LogP contribution >= 0.6 is 11.8 Å². The molecule has 0 N–H and O–H groups in total. The molecular weight excluding hydrogens is 266 g/mol. The second-order valence-electron chi connectivity index (χ2n) is 4.63. The molecule has 102 valence electrons. The predicted octanol–water partition coefficient (Wildman–Crippen LogP) is 4.31. The molecule has 0 radical (unpaired) electrons.